The predicted molar refractivity (Wildman–Crippen MR) is 213 cm³/mol. The van der Waals surface area contributed by atoms with Crippen LogP contribution in [0.25, 0.3) is 76.8 Å². The van der Waals surface area contributed by atoms with Gasteiger partial charge in [0.15, 0.2) is 0 Å². The molecule has 0 fully saturated rings. The Morgan fingerprint density at radius 1 is 0.412 bits per heavy atom. The quantitative estimate of drug-likeness (QED) is 0.174. The smallest absolute Gasteiger partial charge is 0.0972 e. The van der Waals surface area contributed by atoms with E-state index in [1.165, 1.54) is 16.2 Å². The molecule has 0 aliphatic heterocycles. The molecule has 0 amide bonds. The molecule has 0 aliphatic rings. The molecule has 238 valence electrons. The first-order valence-corrected chi connectivity index (χ1v) is 17.2. The van der Waals surface area contributed by atoms with E-state index in [4.69, 9.17) is 9.97 Å². The third kappa shape index (κ3) is 4.88. The summed E-state index contributed by atoms with van der Waals surface area (Å²) >= 11 is 0. The van der Waals surface area contributed by atoms with Crippen molar-refractivity contribution in [3.05, 3.63) is 182 Å². The summed E-state index contributed by atoms with van der Waals surface area (Å²) in [7, 11) is 0. The van der Waals surface area contributed by atoms with Crippen molar-refractivity contribution in [3.63, 3.8) is 0 Å². The maximum absolute atomic E-state index is 5.44. The normalized spacial score (nSPS) is 11.5. The number of fused-ring (bicyclic) bond motifs is 8. The summed E-state index contributed by atoms with van der Waals surface area (Å²) in [5.41, 5.74) is 9.97. The Morgan fingerprint density at radius 2 is 1.02 bits per heavy atom. The Bertz CT molecular complexity index is 2850. The number of pyridine rings is 3. The van der Waals surface area contributed by atoms with Gasteiger partial charge in [0.25, 0.3) is 0 Å². The van der Waals surface area contributed by atoms with Crippen molar-refractivity contribution in [2.24, 2.45) is 0 Å². The van der Waals surface area contributed by atoms with Gasteiger partial charge < -0.3 is 4.90 Å². The van der Waals surface area contributed by atoms with Crippen molar-refractivity contribution in [1.29, 1.82) is 0 Å². The van der Waals surface area contributed by atoms with Crippen molar-refractivity contribution in [3.8, 4) is 22.5 Å². The van der Waals surface area contributed by atoms with Gasteiger partial charge in [-0.3, -0.25) is 4.98 Å². The van der Waals surface area contributed by atoms with E-state index in [1.54, 1.807) is 0 Å². The Kier molecular flexibility index (Phi) is 6.78. The minimum atomic E-state index is 0.912. The van der Waals surface area contributed by atoms with E-state index in [-0.39, 0.29) is 0 Å². The third-order valence-corrected chi connectivity index (χ3v) is 9.83. The summed E-state index contributed by atoms with van der Waals surface area (Å²) in [6.45, 7) is 0. The lowest BCUT2D eigenvalue weighted by atomic mass is 9.92. The summed E-state index contributed by atoms with van der Waals surface area (Å²) in [4.78, 5) is 17.6. The lowest BCUT2D eigenvalue weighted by molar-refractivity contribution is 1.30. The zero-order valence-electron chi connectivity index (χ0n) is 27.6. The Morgan fingerprint density at radius 3 is 1.78 bits per heavy atom. The number of benzene rings is 7. The molecule has 10 aromatic rings. The van der Waals surface area contributed by atoms with Crippen LogP contribution in [0.5, 0.6) is 0 Å². The molecule has 0 aliphatic carbocycles. The Labute approximate surface area is 294 Å². The van der Waals surface area contributed by atoms with E-state index in [9.17, 15) is 0 Å². The summed E-state index contributed by atoms with van der Waals surface area (Å²) in [5.74, 6) is 0. The number of aromatic nitrogens is 3. The highest BCUT2D eigenvalue weighted by atomic mass is 15.1. The van der Waals surface area contributed by atoms with Crippen LogP contribution in [0.1, 0.15) is 0 Å². The van der Waals surface area contributed by atoms with E-state index in [0.29, 0.717) is 0 Å². The van der Waals surface area contributed by atoms with Gasteiger partial charge in [0, 0.05) is 55.6 Å². The van der Waals surface area contributed by atoms with Gasteiger partial charge in [-0.1, -0.05) is 127 Å². The zero-order valence-corrected chi connectivity index (χ0v) is 27.6. The predicted octanol–water partition coefficient (Wildman–Crippen LogP) is 12.4. The average Bonchev–Trinajstić information content (AvgIpc) is 3.21. The zero-order chi connectivity index (χ0) is 33.7. The minimum Gasteiger partial charge on any atom is -0.310 e. The molecule has 0 N–H and O–H groups in total. The molecular formula is C47H30N4. The van der Waals surface area contributed by atoms with Crippen LogP contribution in [0, 0.1) is 0 Å². The molecule has 0 bridgehead atoms. The van der Waals surface area contributed by atoms with Gasteiger partial charge >= 0.3 is 0 Å². The van der Waals surface area contributed by atoms with Crippen LogP contribution in [0.3, 0.4) is 0 Å². The van der Waals surface area contributed by atoms with Crippen LogP contribution in [0.2, 0.25) is 0 Å². The molecule has 0 radical (unpaired) electrons. The van der Waals surface area contributed by atoms with Crippen LogP contribution in [-0.2, 0) is 0 Å². The first kappa shape index (κ1) is 29.0. The summed E-state index contributed by atoms with van der Waals surface area (Å²) in [6.07, 6.45) is 1.83. The van der Waals surface area contributed by atoms with E-state index < -0.39 is 0 Å². The highest BCUT2D eigenvalue weighted by Crippen LogP contribution is 2.47. The molecule has 10 rings (SSSR count). The largest absolute Gasteiger partial charge is 0.310 e. The van der Waals surface area contributed by atoms with Crippen molar-refractivity contribution in [1.82, 2.24) is 15.0 Å². The number of nitrogens with zero attached hydrogens (tertiary/aromatic N) is 4. The molecule has 51 heavy (non-hydrogen) atoms. The van der Waals surface area contributed by atoms with E-state index >= 15 is 0 Å². The van der Waals surface area contributed by atoms with E-state index in [1.807, 2.05) is 12.3 Å². The number of rotatable bonds is 5. The molecule has 0 spiro atoms. The fourth-order valence-electron chi connectivity index (χ4n) is 7.46. The topological polar surface area (TPSA) is 41.9 Å². The van der Waals surface area contributed by atoms with Gasteiger partial charge in [0.1, 0.15) is 0 Å². The van der Waals surface area contributed by atoms with Crippen LogP contribution in [0.15, 0.2) is 182 Å². The molecule has 0 saturated heterocycles. The van der Waals surface area contributed by atoms with Crippen molar-refractivity contribution >= 4 is 71.3 Å². The monoisotopic (exact) mass is 650 g/mol. The molecule has 4 nitrogen and oxygen atoms in total. The van der Waals surface area contributed by atoms with E-state index in [2.05, 4.69) is 180 Å². The maximum atomic E-state index is 5.44. The first-order chi connectivity index (χ1) is 25.3. The number of hydrogen-bond donors (Lipinski definition) is 0. The molecule has 3 heterocycles. The van der Waals surface area contributed by atoms with Crippen LogP contribution in [0.4, 0.5) is 17.1 Å². The highest BCUT2D eigenvalue weighted by molar-refractivity contribution is 6.27. The maximum Gasteiger partial charge on any atom is 0.0972 e. The highest BCUT2D eigenvalue weighted by Gasteiger charge is 2.22. The van der Waals surface area contributed by atoms with Gasteiger partial charge in [0.2, 0.25) is 0 Å². The van der Waals surface area contributed by atoms with Crippen LogP contribution < -0.4 is 4.90 Å². The van der Waals surface area contributed by atoms with Crippen molar-refractivity contribution in [2.75, 3.05) is 4.90 Å². The lowest BCUT2D eigenvalue weighted by Crippen LogP contribution is -2.11. The average molecular weight is 651 g/mol. The Hall–Kier alpha value is -6.91. The molecule has 7 aromatic carbocycles. The summed E-state index contributed by atoms with van der Waals surface area (Å²) in [6, 6.07) is 62.0. The fourth-order valence-corrected chi connectivity index (χ4v) is 7.46. The second kappa shape index (κ2) is 11.9. The SMILES string of the molecule is c1ccc(N(c2ccccc2)c2cc3ccccc3c3c2c(-c2ccc(-c4ccc5ccc6cccnc6c5n4)cc2)nc2ccccc23)cc1. The number of hydrogen-bond acceptors (Lipinski definition) is 4. The number of anilines is 3. The molecule has 3 aromatic heterocycles. The minimum absolute atomic E-state index is 0.912. The van der Waals surface area contributed by atoms with E-state index in [0.717, 1.165) is 77.7 Å². The van der Waals surface area contributed by atoms with Gasteiger partial charge in [-0.2, -0.15) is 0 Å². The molecule has 0 atom stereocenters. The fraction of sp³-hybridized carbons (Fsp3) is 0. The number of para-hydroxylation sites is 3. The van der Waals surface area contributed by atoms with Gasteiger partial charge in [-0.05, 0) is 59.3 Å². The third-order valence-electron chi connectivity index (χ3n) is 9.83. The summed E-state index contributed by atoms with van der Waals surface area (Å²) < 4.78 is 0. The molecule has 0 unspecified atom stereocenters. The van der Waals surface area contributed by atoms with Gasteiger partial charge in [-0.25, -0.2) is 9.97 Å². The molecular weight excluding hydrogens is 621 g/mol. The van der Waals surface area contributed by atoms with Gasteiger partial charge in [-0.15, -0.1) is 0 Å². The summed E-state index contributed by atoms with van der Waals surface area (Å²) in [5, 5.41) is 7.98. The van der Waals surface area contributed by atoms with Crippen molar-refractivity contribution < 1.29 is 0 Å². The van der Waals surface area contributed by atoms with Crippen molar-refractivity contribution in [2.45, 2.75) is 0 Å². The van der Waals surface area contributed by atoms with Crippen LogP contribution in [-0.4, -0.2) is 15.0 Å². The second-order valence-corrected chi connectivity index (χ2v) is 12.8. The molecule has 4 heteroatoms. The van der Waals surface area contributed by atoms with Crippen LogP contribution >= 0.6 is 0 Å². The lowest BCUT2D eigenvalue weighted by Gasteiger charge is -2.28. The first-order valence-electron chi connectivity index (χ1n) is 17.2. The second-order valence-electron chi connectivity index (χ2n) is 12.8. The molecule has 0 saturated carbocycles. The Balaban J connectivity index is 1.24. The standard InChI is InChI=1S/C47H30N4/c1-3-14-36(15-4-1)51(37-16-5-2-6-17-37)42-30-35-12-7-8-18-38(35)43-39-19-9-10-20-41(39)50-45(44(42)43)33-23-21-31(22-24-33)40-28-27-34-26-25-32-13-11-29-48-46(32)47(34)49-40/h1-30H. The van der Waals surface area contributed by atoms with Gasteiger partial charge in [0.05, 0.1) is 33.6 Å².